The lowest BCUT2D eigenvalue weighted by Crippen LogP contribution is -2.28. The molecule has 2 aromatic carbocycles. The summed E-state index contributed by atoms with van der Waals surface area (Å²) in [5.41, 5.74) is -2.55. The number of alkyl halides is 3. The van der Waals surface area contributed by atoms with E-state index in [0.29, 0.717) is 34.8 Å². The van der Waals surface area contributed by atoms with Gasteiger partial charge in [0.15, 0.2) is 5.75 Å². The van der Waals surface area contributed by atoms with Crippen LogP contribution in [0.1, 0.15) is 22.5 Å². The summed E-state index contributed by atoms with van der Waals surface area (Å²) in [7, 11) is -5.84. The number of aryl methyl sites for hydroxylation is 2. The first-order valence-corrected chi connectivity index (χ1v) is 11.7. The third-order valence-electron chi connectivity index (χ3n) is 5.40. The number of fused-ring (bicyclic) bond motifs is 1. The topological polar surface area (TPSA) is 86.1 Å². The number of aromatic nitrogens is 3. The lowest BCUT2D eigenvalue weighted by atomic mass is 10.2. The maximum atomic E-state index is 13.5. The number of nitrogens with zero attached hydrogens (tertiary/aromatic N) is 3. The molecule has 2 heterocycles. The molecule has 0 bridgehead atoms. The fraction of sp³-hybridized carbons (Fsp3) is 0.217. The van der Waals surface area contributed by atoms with Crippen molar-refractivity contribution in [3.8, 4) is 11.7 Å². The first kappa shape index (κ1) is 24.5. The summed E-state index contributed by atoms with van der Waals surface area (Å²) >= 11 is 0. The molecule has 7 nitrogen and oxygen atoms in total. The van der Waals surface area contributed by atoms with E-state index in [1.54, 1.807) is 36.6 Å². The normalized spacial score (nSPS) is 12.2. The van der Waals surface area contributed by atoms with Crippen molar-refractivity contribution in [3.63, 3.8) is 0 Å². The molecule has 0 radical (unpaired) electrons. The zero-order valence-corrected chi connectivity index (χ0v) is 19.6. The Balaban J connectivity index is 1.76. The van der Waals surface area contributed by atoms with Crippen LogP contribution in [-0.4, -0.2) is 28.5 Å². The maximum absolute atomic E-state index is 13.5. The van der Waals surface area contributed by atoms with Gasteiger partial charge in [0.2, 0.25) is 5.95 Å². The Morgan fingerprint density at radius 3 is 2.43 bits per heavy atom. The number of halogens is 4. The number of benzene rings is 2. The molecule has 0 saturated carbocycles. The second kappa shape index (κ2) is 8.84. The minimum atomic E-state index is -5.84. The lowest BCUT2D eigenvalue weighted by molar-refractivity contribution is -0.0499. The molecule has 0 saturated heterocycles. The van der Waals surface area contributed by atoms with Gasteiger partial charge in [0.05, 0.1) is 5.52 Å². The summed E-state index contributed by atoms with van der Waals surface area (Å²) in [6, 6.07) is 11.7. The summed E-state index contributed by atoms with van der Waals surface area (Å²) in [6.45, 7) is 5.58. The molecule has 0 atom stereocenters. The van der Waals surface area contributed by atoms with Crippen molar-refractivity contribution < 1.29 is 30.2 Å². The fourth-order valence-corrected chi connectivity index (χ4v) is 4.03. The summed E-state index contributed by atoms with van der Waals surface area (Å²) in [5, 5.41) is 3.31. The Hall–Kier alpha value is -3.67. The molecule has 2 aromatic heterocycles. The van der Waals surface area contributed by atoms with Crippen molar-refractivity contribution in [1.82, 2.24) is 14.5 Å². The zero-order valence-electron chi connectivity index (χ0n) is 18.8. The summed E-state index contributed by atoms with van der Waals surface area (Å²) in [5.74, 6) is -0.112. The molecule has 4 rings (SSSR count). The van der Waals surface area contributed by atoms with Crippen LogP contribution < -0.4 is 9.50 Å². The van der Waals surface area contributed by atoms with Gasteiger partial charge in [0, 0.05) is 28.9 Å². The van der Waals surface area contributed by atoms with Crippen LogP contribution in [0.2, 0.25) is 0 Å². The minimum Gasteiger partial charge on any atom is -0.375 e. The predicted molar refractivity (Wildman–Crippen MR) is 122 cm³/mol. The van der Waals surface area contributed by atoms with Gasteiger partial charge in [-0.3, -0.25) is 4.57 Å². The molecular weight excluding hydrogens is 488 g/mol. The average molecular weight is 508 g/mol. The molecule has 0 amide bonds. The van der Waals surface area contributed by atoms with Crippen LogP contribution >= 0.6 is 0 Å². The largest absolute Gasteiger partial charge is 0.534 e. The molecule has 35 heavy (non-hydrogen) atoms. The smallest absolute Gasteiger partial charge is 0.375 e. The molecule has 12 heteroatoms. The molecule has 0 spiro atoms. The summed E-state index contributed by atoms with van der Waals surface area (Å²) in [4.78, 5) is 9.09. The quantitative estimate of drug-likeness (QED) is 0.215. The van der Waals surface area contributed by atoms with E-state index in [-0.39, 0.29) is 17.2 Å². The van der Waals surface area contributed by atoms with Crippen molar-refractivity contribution in [2.45, 2.75) is 32.8 Å². The fourth-order valence-electron chi connectivity index (χ4n) is 3.56. The standard InChI is InChI=1S/C23H20F4N4O3S/c1-13-10-18-19(8-5-9-20(18)34-35(32,33)23(25,26)27)31(13)22-29-15(3)14(2)21(30-22)28-12-16-6-4-7-17(24)11-16/h4-11H,12H2,1-3H3,(H,28,29,30). The molecule has 0 aliphatic carbocycles. The number of hydrogen-bond acceptors (Lipinski definition) is 6. The molecule has 0 fully saturated rings. The SMILES string of the molecule is Cc1nc(-n2c(C)cc3c(OS(=O)(=O)C(F)(F)F)cccc32)nc(NCc2cccc(F)c2)c1C. The Morgan fingerprint density at radius 1 is 1.03 bits per heavy atom. The van der Waals surface area contributed by atoms with Gasteiger partial charge >= 0.3 is 15.6 Å². The number of anilines is 1. The van der Waals surface area contributed by atoms with E-state index in [1.807, 2.05) is 6.92 Å². The van der Waals surface area contributed by atoms with Crippen LogP contribution in [0.5, 0.6) is 5.75 Å². The Morgan fingerprint density at radius 2 is 1.74 bits per heavy atom. The Labute approximate surface area is 198 Å². The second-order valence-electron chi connectivity index (χ2n) is 7.86. The van der Waals surface area contributed by atoms with E-state index in [9.17, 15) is 26.0 Å². The van der Waals surface area contributed by atoms with Crippen LogP contribution in [0, 0.1) is 26.6 Å². The molecule has 0 aliphatic heterocycles. The average Bonchev–Trinajstić information content (AvgIpc) is 3.10. The molecule has 1 N–H and O–H groups in total. The highest BCUT2D eigenvalue weighted by Crippen LogP contribution is 2.34. The van der Waals surface area contributed by atoms with Gasteiger partial charge in [-0.25, -0.2) is 9.37 Å². The van der Waals surface area contributed by atoms with Crippen LogP contribution in [0.15, 0.2) is 48.5 Å². The van der Waals surface area contributed by atoms with Gasteiger partial charge in [0.25, 0.3) is 0 Å². The molecule has 0 unspecified atom stereocenters. The van der Waals surface area contributed by atoms with E-state index in [4.69, 9.17) is 0 Å². The van der Waals surface area contributed by atoms with Crippen molar-refractivity contribution in [2.75, 3.05) is 5.32 Å². The molecule has 184 valence electrons. The monoisotopic (exact) mass is 508 g/mol. The highest BCUT2D eigenvalue weighted by Gasteiger charge is 2.48. The van der Waals surface area contributed by atoms with Crippen molar-refractivity contribution >= 4 is 26.8 Å². The molecular formula is C23H20F4N4O3S. The minimum absolute atomic E-state index is 0.147. The predicted octanol–water partition coefficient (Wildman–Crippen LogP) is 5.33. The van der Waals surface area contributed by atoms with Gasteiger partial charge in [-0.2, -0.15) is 26.6 Å². The second-order valence-corrected chi connectivity index (χ2v) is 9.40. The van der Waals surface area contributed by atoms with Crippen LogP contribution in [0.4, 0.5) is 23.4 Å². The Kier molecular flexibility index (Phi) is 6.18. The lowest BCUT2D eigenvalue weighted by Gasteiger charge is -2.15. The first-order valence-electron chi connectivity index (χ1n) is 10.3. The number of rotatable bonds is 6. The molecule has 0 aliphatic rings. The van der Waals surface area contributed by atoms with E-state index < -0.39 is 21.4 Å². The van der Waals surface area contributed by atoms with Crippen LogP contribution in [-0.2, 0) is 16.7 Å². The van der Waals surface area contributed by atoms with Crippen molar-refractivity contribution in [3.05, 3.63) is 76.9 Å². The highest BCUT2D eigenvalue weighted by molar-refractivity contribution is 7.88. The number of nitrogens with one attached hydrogen (secondary N) is 1. The van der Waals surface area contributed by atoms with Gasteiger partial charge in [0.1, 0.15) is 11.6 Å². The van der Waals surface area contributed by atoms with Gasteiger partial charge < -0.3 is 9.50 Å². The Bertz CT molecular complexity index is 1530. The van der Waals surface area contributed by atoms with E-state index in [1.165, 1.54) is 24.3 Å². The third kappa shape index (κ3) is 4.78. The summed E-state index contributed by atoms with van der Waals surface area (Å²) in [6.07, 6.45) is 0. The third-order valence-corrected chi connectivity index (χ3v) is 6.37. The number of hydrogen-bond donors (Lipinski definition) is 1. The van der Waals surface area contributed by atoms with E-state index in [0.717, 1.165) is 11.6 Å². The van der Waals surface area contributed by atoms with Crippen LogP contribution in [0.25, 0.3) is 16.9 Å². The highest BCUT2D eigenvalue weighted by atomic mass is 32.2. The van der Waals surface area contributed by atoms with Gasteiger partial charge in [-0.05, 0) is 56.7 Å². The zero-order chi connectivity index (χ0) is 25.5. The van der Waals surface area contributed by atoms with E-state index in [2.05, 4.69) is 19.5 Å². The van der Waals surface area contributed by atoms with Crippen molar-refractivity contribution in [2.24, 2.45) is 0 Å². The van der Waals surface area contributed by atoms with Gasteiger partial charge in [-0.1, -0.05) is 18.2 Å². The summed E-state index contributed by atoms with van der Waals surface area (Å²) < 4.78 is 81.1. The van der Waals surface area contributed by atoms with Gasteiger partial charge in [-0.15, -0.1) is 0 Å². The van der Waals surface area contributed by atoms with Crippen LogP contribution in [0.3, 0.4) is 0 Å². The van der Waals surface area contributed by atoms with Crippen molar-refractivity contribution in [1.29, 1.82) is 0 Å². The molecule has 4 aromatic rings. The maximum Gasteiger partial charge on any atom is 0.534 e. The first-order chi connectivity index (χ1) is 16.4. The van der Waals surface area contributed by atoms with E-state index >= 15 is 0 Å².